The molecule has 238 valence electrons. The van der Waals surface area contributed by atoms with E-state index in [1.165, 1.54) is 0 Å². The molecule has 0 heterocycles. The largest absolute Gasteiger partial charge is 0.420 e. The lowest BCUT2D eigenvalue weighted by Gasteiger charge is -2.09. The van der Waals surface area contributed by atoms with Crippen LogP contribution in [0.3, 0.4) is 0 Å². The Morgan fingerprint density at radius 3 is 1.02 bits per heavy atom. The molecule has 11 nitrogen and oxygen atoms in total. The standard InChI is InChI=1S/C25H37F5O11/c26-20-21(27)23(29)25(24(30)22(20)28)41-19(32)1-3-33-5-7-35-9-11-37-13-15-39-17-18-40-16-14-38-12-10-36-8-6-34-4-2-31/h31H,1-18H2. The minimum absolute atomic E-state index is 0.00749. The van der Waals surface area contributed by atoms with Crippen molar-refractivity contribution in [1.82, 2.24) is 0 Å². The number of aliphatic hydroxyl groups is 1. The Kier molecular flexibility index (Phi) is 22.2. The zero-order valence-corrected chi connectivity index (χ0v) is 22.6. The fraction of sp³-hybridized carbons (Fsp3) is 0.720. The van der Waals surface area contributed by atoms with E-state index < -0.39 is 47.2 Å². The van der Waals surface area contributed by atoms with Gasteiger partial charge in [-0.2, -0.15) is 8.78 Å². The molecule has 0 aromatic heterocycles. The Morgan fingerprint density at radius 2 is 0.707 bits per heavy atom. The van der Waals surface area contributed by atoms with E-state index in [0.29, 0.717) is 79.3 Å². The van der Waals surface area contributed by atoms with E-state index in [0.717, 1.165) is 0 Å². The number of hydrogen-bond donors (Lipinski definition) is 1. The summed E-state index contributed by atoms with van der Waals surface area (Å²) in [6.07, 6.45) is -0.485. The van der Waals surface area contributed by atoms with Crippen LogP contribution in [0.5, 0.6) is 5.75 Å². The topological polar surface area (TPSA) is 120 Å². The average Bonchev–Trinajstić information content (AvgIpc) is 2.97. The minimum atomic E-state index is -2.35. The summed E-state index contributed by atoms with van der Waals surface area (Å²) in [6.45, 7) is 5.12. The van der Waals surface area contributed by atoms with E-state index in [2.05, 4.69) is 4.74 Å². The highest BCUT2D eigenvalue weighted by atomic mass is 19.2. The molecule has 0 saturated heterocycles. The zero-order chi connectivity index (χ0) is 30.1. The number of ether oxygens (including phenoxy) is 9. The monoisotopic (exact) mass is 608 g/mol. The van der Waals surface area contributed by atoms with Crippen molar-refractivity contribution in [2.75, 3.05) is 112 Å². The van der Waals surface area contributed by atoms with Gasteiger partial charge in [0.25, 0.3) is 0 Å². The van der Waals surface area contributed by atoms with Gasteiger partial charge in [-0.15, -0.1) is 0 Å². The Morgan fingerprint density at radius 1 is 0.439 bits per heavy atom. The summed E-state index contributed by atoms with van der Waals surface area (Å²) in [5.74, 6) is -14.1. The quantitative estimate of drug-likeness (QED) is 0.0393. The van der Waals surface area contributed by atoms with Crippen LogP contribution >= 0.6 is 0 Å². The second-order valence-corrected chi connectivity index (χ2v) is 7.75. The normalized spacial score (nSPS) is 11.4. The van der Waals surface area contributed by atoms with Crippen LogP contribution in [-0.4, -0.2) is 123 Å². The van der Waals surface area contributed by atoms with Gasteiger partial charge in [0, 0.05) is 0 Å². The summed E-state index contributed by atoms with van der Waals surface area (Å²) in [5, 5.41) is 8.54. The second-order valence-electron chi connectivity index (χ2n) is 7.75. The van der Waals surface area contributed by atoms with Crippen molar-refractivity contribution in [2.24, 2.45) is 0 Å². The average molecular weight is 609 g/mol. The van der Waals surface area contributed by atoms with Gasteiger partial charge in [-0.05, 0) is 0 Å². The molecule has 0 fully saturated rings. The summed E-state index contributed by atoms with van der Waals surface area (Å²) < 4.78 is 113. The third kappa shape index (κ3) is 17.5. The van der Waals surface area contributed by atoms with Gasteiger partial charge in [-0.1, -0.05) is 0 Å². The van der Waals surface area contributed by atoms with Gasteiger partial charge in [0.2, 0.25) is 34.8 Å². The highest BCUT2D eigenvalue weighted by Gasteiger charge is 2.28. The van der Waals surface area contributed by atoms with Gasteiger partial charge in [-0.3, -0.25) is 4.79 Å². The van der Waals surface area contributed by atoms with E-state index in [-0.39, 0.29) is 33.0 Å². The highest BCUT2D eigenvalue weighted by molar-refractivity contribution is 5.72. The molecular formula is C25H37F5O11. The maximum Gasteiger partial charge on any atom is 0.313 e. The Labute approximate surface area is 234 Å². The van der Waals surface area contributed by atoms with Crippen molar-refractivity contribution in [3.63, 3.8) is 0 Å². The number of esters is 1. The van der Waals surface area contributed by atoms with Crippen LogP contribution in [0.25, 0.3) is 0 Å². The molecule has 0 aliphatic rings. The molecule has 0 unspecified atom stereocenters. The fourth-order valence-electron chi connectivity index (χ4n) is 2.70. The number of carbonyl (C=O) groups is 1. The van der Waals surface area contributed by atoms with Gasteiger partial charge in [0.05, 0.1) is 119 Å². The Bertz CT molecular complexity index is 807. The third-order valence-corrected chi connectivity index (χ3v) is 4.68. The van der Waals surface area contributed by atoms with Crippen LogP contribution in [0, 0.1) is 29.1 Å². The minimum Gasteiger partial charge on any atom is -0.420 e. The zero-order valence-electron chi connectivity index (χ0n) is 22.6. The summed E-state index contributed by atoms with van der Waals surface area (Å²) in [4.78, 5) is 11.6. The molecule has 41 heavy (non-hydrogen) atoms. The molecule has 0 atom stereocenters. The molecule has 1 aromatic rings. The first-order valence-electron chi connectivity index (χ1n) is 12.8. The van der Waals surface area contributed by atoms with E-state index in [1.807, 2.05) is 0 Å². The molecule has 16 heteroatoms. The van der Waals surface area contributed by atoms with Gasteiger partial charge in [0.15, 0.2) is 0 Å². The number of rotatable bonds is 27. The van der Waals surface area contributed by atoms with Gasteiger partial charge in [0.1, 0.15) is 0 Å². The molecule has 1 rings (SSSR count). The highest BCUT2D eigenvalue weighted by Crippen LogP contribution is 2.29. The van der Waals surface area contributed by atoms with Crippen molar-refractivity contribution >= 4 is 5.97 Å². The lowest BCUT2D eigenvalue weighted by molar-refractivity contribution is -0.136. The number of hydrogen-bond acceptors (Lipinski definition) is 11. The lowest BCUT2D eigenvalue weighted by atomic mass is 10.2. The molecule has 0 radical (unpaired) electrons. The van der Waals surface area contributed by atoms with E-state index in [1.54, 1.807) is 0 Å². The SMILES string of the molecule is O=C(CCOCCOCCOCCOCCOCCOCCOCCOCCO)Oc1c(F)c(F)c(F)c(F)c1F. The third-order valence-electron chi connectivity index (χ3n) is 4.68. The first-order valence-corrected chi connectivity index (χ1v) is 12.8. The maximum absolute atomic E-state index is 13.5. The summed E-state index contributed by atoms with van der Waals surface area (Å²) in [7, 11) is 0. The molecule has 0 bridgehead atoms. The Hall–Kier alpha value is -2.02. The van der Waals surface area contributed by atoms with Crippen LogP contribution in [-0.2, 0) is 42.7 Å². The summed E-state index contributed by atoms with van der Waals surface area (Å²) >= 11 is 0. The van der Waals surface area contributed by atoms with Crippen molar-refractivity contribution in [3.8, 4) is 5.75 Å². The van der Waals surface area contributed by atoms with Crippen molar-refractivity contribution in [2.45, 2.75) is 6.42 Å². The van der Waals surface area contributed by atoms with Crippen LogP contribution < -0.4 is 4.74 Å². The second kappa shape index (κ2) is 24.6. The van der Waals surface area contributed by atoms with Crippen LogP contribution in [0.2, 0.25) is 0 Å². The van der Waals surface area contributed by atoms with Crippen LogP contribution in [0.1, 0.15) is 6.42 Å². The molecule has 0 aliphatic heterocycles. The molecule has 1 aromatic carbocycles. The number of benzene rings is 1. The lowest BCUT2D eigenvalue weighted by Crippen LogP contribution is -2.16. The molecule has 0 saturated carbocycles. The molecule has 0 amide bonds. The molecule has 0 spiro atoms. The van der Waals surface area contributed by atoms with E-state index >= 15 is 0 Å². The van der Waals surface area contributed by atoms with Gasteiger partial charge in [-0.25, -0.2) is 13.2 Å². The predicted octanol–water partition coefficient (Wildman–Crippen LogP) is 1.80. The van der Waals surface area contributed by atoms with Gasteiger partial charge >= 0.3 is 5.97 Å². The fourth-order valence-corrected chi connectivity index (χ4v) is 2.70. The van der Waals surface area contributed by atoms with Crippen molar-refractivity contribution in [1.29, 1.82) is 0 Å². The van der Waals surface area contributed by atoms with Crippen molar-refractivity contribution < 1.29 is 74.5 Å². The number of halogens is 5. The first kappa shape index (κ1) is 37.0. The molecule has 1 N–H and O–H groups in total. The molecular weight excluding hydrogens is 571 g/mol. The Balaban J connectivity index is 1.83. The number of carbonyl (C=O) groups excluding carboxylic acids is 1. The van der Waals surface area contributed by atoms with Gasteiger partial charge < -0.3 is 47.7 Å². The van der Waals surface area contributed by atoms with E-state index in [4.69, 9.17) is 43.0 Å². The van der Waals surface area contributed by atoms with E-state index in [9.17, 15) is 26.7 Å². The number of aliphatic hydroxyl groups excluding tert-OH is 1. The van der Waals surface area contributed by atoms with Crippen LogP contribution in [0.4, 0.5) is 22.0 Å². The molecule has 0 aliphatic carbocycles. The summed E-state index contributed by atoms with van der Waals surface area (Å²) in [5.41, 5.74) is 0. The predicted molar refractivity (Wildman–Crippen MR) is 130 cm³/mol. The maximum atomic E-state index is 13.5. The van der Waals surface area contributed by atoms with Crippen LogP contribution in [0.15, 0.2) is 0 Å². The summed E-state index contributed by atoms with van der Waals surface area (Å²) in [6, 6.07) is 0. The first-order chi connectivity index (χ1) is 19.9. The van der Waals surface area contributed by atoms with Crippen molar-refractivity contribution in [3.05, 3.63) is 29.1 Å². The smallest absolute Gasteiger partial charge is 0.313 e.